The SMILES string of the molecule is C1=NCc2cccc(c2)CN=1. The second kappa shape index (κ2) is 2.69. The van der Waals surface area contributed by atoms with Crippen LogP contribution in [0.25, 0.3) is 0 Å². The summed E-state index contributed by atoms with van der Waals surface area (Å²) in [6, 6.07) is 11.0. The smallest absolute Gasteiger partial charge is 0.0899 e. The Kier molecular flexibility index (Phi) is 1.54. The summed E-state index contributed by atoms with van der Waals surface area (Å²) in [6.07, 6.45) is 0. The van der Waals surface area contributed by atoms with E-state index in [0.29, 0.717) is 13.1 Å². The zero-order valence-corrected chi connectivity index (χ0v) is 6.12. The van der Waals surface area contributed by atoms with Crippen LogP contribution in [0.1, 0.15) is 11.1 Å². The summed E-state index contributed by atoms with van der Waals surface area (Å²) in [5.41, 5.74) is 2.48. The van der Waals surface area contributed by atoms with Crippen LogP contribution >= 0.6 is 0 Å². The third-order valence-electron chi connectivity index (χ3n) is 1.66. The van der Waals surface area contributed by atoms with E-state index in [1.54, 1.807) is 0 Å². The molecular formula is C9H8N2. The summed E-state index contributed by atoms with van der Waals surface area (Å²) in [4.78, 5) is 7.98. The molecule has 11 heavy (non-hydrogen) atoms. The lowest BCUT2D eigenvalue weighted by molar-refractivity contribution is 1.00. The van der Waals surface area contributed by atoms with Crippen molar-refractivity contribution in [2.45, 2.75) is 13.1 Å². The summed E-state index contributed by atoms with van der Waals surface area (Å²) in [7, 11) is 0. The fourth-order valence-electron chi connectivity index (χ4n) is 1.13. The Morgan fingerprint density at radius 3 is 2.36 bits per heavy atom. The Bertz CT molecular complexity index is 297. The molecule has 0 amide bonds. The summed E-state index contributed by atoms with van der Waals surface area (Å²) in [5, 5.41) is 0. The molecule has 0 atom stereocenters. The maximum atomic E-state index is 3.99. The van der Waals surface area contributed by atoms with Crippen molar-refractivity contribution in [2.24, 2.45) is 9.98 Å². The molecule has 1 aromatic carbocycles. The van der Waals surface area contributed by atoms with E-state index in [9.17, 15) is 0 Å². The standard InChI is InChI=1S/C9H8N2/c1-2-8-4-9(3-1)6-11-7-10-5-8/h1-4H,5-6H2. The van der Waals surface area contributed by atoms with Crippen molar-refractivity contribution in [1.29, 1.82) is 0 Å². The van der Waals surface area contributed by atoms with Gasteiger partial charge in [0.2, 0.25) is 0 Å². The van der Waals surface area contributed by atoms with Crippen molar-refractivity contribution in [3.63, 3.8) is 0 Å². The van der Waals surface area contributed by atoms with Crippen LogP contribution in [-0.2, 0) is 13.1 Å². The zero-order chi connectivity index (χ0) is 7.52. The monoisotopic (exact) mass is 144 g/mol. The van der Waals surface area contributed by atoms with E-state index in [1.165, 1.54) is 11.1 Å². The van der Waals surface area contributed by atoms with Gasteiger partial charge in [-0.25, -0.2) is 9.98 Å². The van der Waals surface area contributed by atoms with Gasteiger partial charge in [-0.3, -0.25) is 0 Å². The molecule has 0 aliphatic carbocycles. The molecule has 0 unspecified atom stereocenters. The van der Waals surface area contributed by atoms with Crippen molar-refractivity contribution in [2.75, 3.05) is 0 Å². The molecule has 1 aromatic rings. The average molecular weight is 144 g/mol. The van der Waals surface area contributed by atoms with Gasteiger partial charge in [-0.15, -0.1) is 0 Å². The quantitative estimate of drug-likeness (QED) is 0.531. The molecule has 2 heteroatoms. The molecule has 1 heterocycles. The third-order valence-corrected chi connectivity index (χ3v) is 1.66. The van der Waals surface area contributed by atoms with Crippen LogP contribution in [0.2, 0.25) is 0 Å². The predicted molar refractivity (Wildman–Crippen MR) is 43.7 cm³/mol. The molecule has 0 saturated carbocycles. The first kappa shape index (κ1) is 6.32. The Hall–Kier alpha value is -1.40. The maximum Gasteiger partial charge on any atom is 0.0899 e. The van der Waals surface area contributed by atoms with Crippen LogP contribution in [0.5, 0.6) is 0 Å². The molecule has 0 N–H and O–H groups in total. The van der Waals surface area contributed by atoms with E-state index < -0.39 is 0 Å². The van der Waals surface area contributed by atoms with Crippen molar-refractivity contribution in [3.8, 4) is 0 Å². The highest BCUT2D eigenvalue weighted by Gasteiger charge is 1.95. The zero-order valence-electron chi connectivity index (χ0n) is 6.12. The minimum absolute atomic E-state index is 0.706. The summed E-state index contributed by atoms with van der Waals surface area (Å²) >= 11 is 0. The summed E-state index contributed by atoms with van der Waals surface area (Å²) in [6.45, 7) is 1.41. The highest BCUT2D eigenvalue weighted by molar-refractivity contribution is 5.43. The Balaban J connectivity index is 2.47. The molecule has 0 fully saturated rings. The Morgan fingerprint density at radius 2 is 1.73 bits per heavy atom. The molecule has 0 radical (unpaired) electrons. The number of aliphatic imine (C=N–C) groups is 2. The van der Waals surface area contributed by atoms with E-state index in [0.717, 1.165) is 0 Å². The lowest BCUT2D eigenvalue weighted by Crippen LogP contribution is -1.88. The molecule has 0 saturated heterocycles. The van der Waals surface area contributed by atoms with E-state index in [-0.39, 0.29) is 0 Å². The number of nitrogens with zero attached hydrogens (tertiary/aromatic N) is 2. The van der Waals surface area contributed by atoms with Crippen LogP contribution in [0, 0.1) is 0 Å². The minimum atomic E-state index is 0.706. The fourth-order valence-corrected chi connectivity index (χ4v) is 1.13. The molecule has 0 aromatic heterocycles. The van der Waals surface area contributed by atoms with Crippen LogP contribution < -0.4 is 0 Å². The normalized spacial score (nSPS) is 14.2. The van der Waals surface area contributed by atoms with Crippen molar-refractivity contribution in [3.05, 3.63) is 35.4 Å². The number of hydrogen-bond acceptors (Lipinski definition) is 2. The van der Waals surface area contributed by atoms with Gasteiger partial charge < -0.3 is 0 Å². The van der Waals surface area contributed by atoms with Crippen molar-refractivity contribution >= 4 is 6.01 Å². The molecule has 1 aliphatic heterocycles. The number of fused-ring (bicyclic) bond motifs is 2. The number of hydrogen-bond donors (Lipinski definition) is 0. The average Bonchev–Trinajstić information content (AvgIpc) is 2.02. The van der Waals surface area contributed by atoms with Crippen molar-refractivity contribution < 1.29 is 0 Å². The predicted octanol–water partition coefficient (Wildman–Crippen LogP) is 1.87. The maximum absolute atomic E-state index is 3.99. The Labute approximate surface area is 65.3 Å². The van der Waals surface area contributed by atoms with Crippen LogP contribution in [-0.4, -0.2) is 6.01 Å². The number of benzene rings is 1. The highest BCUT2D eigenvalue weighted by atomic mass is 14.8. The van der Waals surface area contributed by atoms with Gasteiger partial charge in [0.25, 0.3) is 0 Å². The topological polar surface area (TPSA) is 24.7 Å². The van der Waals surface area contributed by atoms with Crippen LogP contribution in [0.15, 0.2) is 34.3 Å². The minimum Gasteiger partial charge on any atom is -0.221 e. The van der Waals surface area contributed by atoms with E-state index >= 15 is 0 Å². The Morgan fingerprint density at radius 1 is 1.09 bits per heavy atom. The second-order valence-corrected chi connectivity index (χ2v) is 2.55. The highest BCUT2D eigenvalue weighted by Crippen LogP contribution is 2.08. The first-order valence-electron chi connectivity index (χ1n) is 3.61. The lowest BCUT2D eigenvalue weighted by atomic mass is 10.1. The van der Waals surface area contributed by atoms with Crippen LogP contribution in [0.4, 0.5) is 0 Å². The van der Waals surface area contributed by atoms with Crippen LogP contribution in [0.3, 0.4) is 0 Å². The van der Waals surface area contributed by atoms with E-state index in [2.05, 4.69) is 34.2 Å². The van der Waals surface area contributed by atoms with Gasteiger partial charge in [-0.1, -0.05) is 24.3 Å². The lowest BCUT2D eigenvalue weighted by Gasteiger charge is -2.00. The van der Waals surface area contributed by atoms with Gasteiger partial charge in [0.05, 0.1) is 19.1 Å². The molecule has 2 rings (SSSR count). The van der Waals surface area contributed by atoms with Gasteiger partial charge in [-0.2, -0.15) is 0 Å². The first-order chi connectivity index (χ1) is 5.45. The van der Waals surface area contributed by atoms with Gasteiger partial charge in [-0.05, 0) is 11.1 Å². The molecule has 1 aliphatic rings. The molecule has 2 nitrogen and oxygen atoms in total. The molecule has 54 valence electrons. The van der Waals surface area contributed by atoms with E-state index in [1.807, 2.05) is 6.07 Å². The first-order valence-corrected chi connectivity index (χ1v) is 3.61. The van der Waals surface area contributed by atoms with Crippen molar-refractivity contribution in [1.82, 2.24) is 0 Å². The van der Waals surface area contributed by atoms with Gasteiger partial charge in [0.15, 0.2) is 0 Å². The van der Waals surface area contributed by atoms with E-state index in [4.69, 9.17) is 0 Å². The molecule has 0 spiro atoms. The molecular weight excluding hydrogens is 136 g/mol. The second-order valence-electron chi connectivity index (χ2n) is 2.55. The fraction of sp³-hybridized carbons (Fsp3) is 0.222. The largest absolute Gasteiger partial charge is 0.221 e. The van der Waals surface area contributed by atoms with Gasteiger partial charge >= 0.3 is 0 Å². The van der Waals surface area contributed by atoms with Gasteiger partial charge in [0.1, 0.15) is 0 Å². The van der Waals surface area contributed by atoms with Gasteiger partial charge in [0, 0.05) is 0 Å². The number of rotatable bonds is 0. The summed E-state index contributed by atoms with van der Waals surface area (Å²) < 4.78 is 0. The third kappa shape index (κ3) is 1.36. The molecule has 2 bridgehead atoms. The summed E-state index contributed by atoms with van der Waals surface area (Å²) in [5.74, 6) is 0.